The van der Waals surface area contributed by atoms with Crippen LogP contribution in [0.25, 0.3) is 0 Å². The van der Waals surface area contributed by atoms with Gasteiger partial charge in [0, 0.05) is 17.5 Å². The maximum absolute atomic E-state index is 13.1. The van der Waals surface area contributed by atoms with Crippen molar-refractivity contribution in [2.45, 2.75) is 44.9 Å². The normalized spacial score (nSPS) is 20.5. The van der Waals surface area contributed by atoms with Crippen molar-refractivity contribution in [1.29, 1.82) is 0 Å². The van der Waals surface area contributed by atoms with Gasteiger partial charge in [-0.1, -0.05) is 30.3 Å². The summed E-state index contributed by atoms with van der Waals surface area (Å²) >= 11 is 0. The Labute approximate surface area is 191 Å². The number of piperidine rings is 1. The second kappa shape index (κ2) is 8.60. The fourth-order valence-electron chi connectivity index (χ4n) is 4.10. The number of carbonyl (C=O) groups is 3. The quantitative estimate of drug-likeness (QED) is 0.465. The van der Waals surface area contributed by atoms with Gasteiger partial charge in [0.2, 0.25) is 5.91 Å². The number of benzene rings is 2. The van der Waals surface area contributed by atoms with Gasteiger partial charge in [0.25, 0.3) is 21.9 Å². The molecule has 2 aliphatic heterocycles. The monoisotopic (exact) mass is 472 g/mol. The van der Waals surface area contributed by atoms with Gasteiger partial charge in [-0.25, -0.2) is 0 Å². The Balaban J connectivity index is 1.46. The summed E-state index contributed by atoms with van der Waals surface area (Å²) < 4.78 is 36.6. The number of hydrogen-bond donors (Lipinski definition) is 2. The average molecular weight is 473 g/mol. The number of hydrogen-bond acceptors (Lipinski definition) is 6. The SMILES string of the molecule is C[C@]1(N2Cc3c(OCc4ccc(CCS(=O)(=O)O)cc4)cccc3C2=O)CCC(=O)NC1=O. The maximum Gasteiger partial charge on any atom is 0.265 e. The van der Waals surface area contributed by atoms with Crippen LogP contribution in [0.3, 0.4) is 0 Å². The molecule has 3 amide bonds. The van der Waals surface area contributed by atoms with Crippen molar-refractivity contribution in [2.24, 2.45) is 0 Å². The molecule has 0 bridgehead atoms. The van der Waals surface area contributed by atoms with Crippen LogP contribution in [-0.4, -0.2) is 46.9 Å². The van der Waals surface area contributed by atoms with Gasteiger partial charge in [0.05, 0.1) is 12.3 Å². The van der Waals surface area contributed by atoms with Gasteiger partial charge in [-0.3, -0.25) is 24.3 Å². The number of carbonyl (C=O) groups excluding carboxylic acids is 3. The van der Waals surface area contributed by atoms with Crippen LogP contribution in [0.5, 0.6) is 5.75 Å². The summed E-state index contributed by atoms with van der Waals surface area (Å²) in [6.45, 7) is 2.11. The number of ether oxygens (including phenoxy) is 1. The number of imide groups is 1. The molecule has 33 heavy (non-hydrogen) atoms. The van der Waals surface area contributed by atoms with Gasteiger partial charge in [0.1, 0.15) is 17.9 Å². The Morgan fingerprint density at radius 3 is 2.45 bits per heavy atom. The van der Waals surface area contributed by atoms with Gasteiger partial charge < -0.3 is 9.64 Å². The molecule has 1 saturated heterocycles. The van der Waals surface area contributed by atoms with Crippen LogP contribution in [0.1, 0.15) is 46.8 Å². The van der Waals surface area contributed by atoms with E-state index < -0.39 is 21.6 Å². The van der Waals surface area contributed by atoms with Crippen LogP contribution in [0.4, 0.5) is 0 Å². The average Bonchev–Trinajstić information content (AvgIpc) is 3.12. The number of nitrogens with zero attached hydrogens (tertiary/aromatic N) is 1. The first-order valence-electron chi connectivity index (χ1n) is 10.5. The topological polar surface area (TPSA) is 130 Å². The van der Waals surface area contributed by atoms with Crippen LogP contribution < -0.4 is 10.1 Å². The molecule has 0 aromatic heterocycles. The standard InChI is InChI=1S/C23H24N2O7S/c1-23(11-9-20(26)24-22(23)28)25-13-18-17(21(25)27)3-2-4-19(18)32-14-16-7-5-15(6-8-16)10-12-33(29,30)31/h2-8H,9-14H2,1H3,(H,24,26,28)(H,29,30,31)/t23-/m0/s1. The van der Waals surface area contributed by atoms with E-state index in [0.717, 1.165) is 11.1 Å². The molecular formula is C23H24N2O7S. The first kappa shape index (κ1) is 22.9. The van der Waals surface area contributed by atoms with Crippen molar-refractivity contribution in [3.63, 3.8) is 0 Å². The summed E-state index contributed by atoms with van der Waals surface area (Å²) in [6, 6.07) is 12.4. The highest BCUT2D eigenvalue weighted by atomic mass is 32.2. The minimum atomic E-state index is -4.01. The van der Waals surface area contributed by atoms with E-state index in [9.17, 15) is 22.8 Å². The van der Waals surface area contributed by atoms with E-state index in [1.54, 1.807) is 37.3 Å². The minimum absolute atomic E-state index is 0.173. The third-order valence-corrected chi connectivity index (χ3v) is 6.89. The molecule has 1 atom stereocenters. The third-order valence-electron chi connectivity index (χ3n) is 6.17. The van der Waals surface area contributed by atoms with E-state index >= 15 is 0 Å². The highest BCUT2D eigenvalue weighted by Gasteiger charge is 2.48. The Morgan fingerprint density at radius 2 is 1.79 bits per heavy atom. The summed E-state index contributed by atoms with van der Waals surface area (Å²) in [5.41, 5.74) is 1.67. The van der Waals surface area contributed by atoms with Crippen molar-refractivity contribution in [2.75, 3.05) is 5.75 Å². The van der Waals surface area contributed by atoms with E-state index in [-0.39, 0.29) is 50.0 Å². The lowest BCUT2D eigenvalue weighted by Gasteiger charge is -2.39. The van der Waals surface area contributed by atoms with Crippen LogP contribution >= 0.6 is 0 Å². The number of amides is 3. The van der Waals surface area contributed by atoms with Crippen molar-refractivity contribution in [1.82, 2.24) is 10.2 Å². The van der Waals surface area contributed by atoms with Crippen molar-refractivity contribution >= 4 is 27.8 Å². The maximum atomic E-state index is 13.1. The zero-order chi connectivity index (χ0) is 23.8. The first-order chi connectivity index (χ1) is 15.6. The van der Waals surface area contributed by atoms with Gasteiger partial charge in [-0.2, -0.15) is 8.42 Å². The fraction of sp³-hybridized carbons (Fsp3) is 0.348. The molecule has 0 aliphatic carbocycles. The second-order valence-electron chi connectivity index (χ2n) is 8.47. The molecule has 10 heteroatoms. The molecule has 2 aliphatic rings. The Hall–Kier alpha value is -3.24. The van der Waals surface area contributed by atoms with Gasteiger partial charge in [-0.15, -0.1) is 0 Å². The summed E-state index contributed by atoms with van der Waals surface area (Å²) in [7, 11) is -4.01. The molecule has 1 fully saturated rings. The largest absolute Gasteiger partial charge is 0.489 e. The molecule has 2 heterocycles. The van der Waals surface area contributed by atoms with Gasteiger partial charge in [-0.05, 0) is 43.0 Å². The number of aryl methyl sites for hydroxylation is 1. The summed E-state index contributed by atoms with van der Waals surface area (Å²) in [4.78, 5) is 38.7. The number of rotatable bonds is 7. The van der Waals surface area contributed by atoms with Crippen LogP contribution in [0.15, 0.2) is 42.5 Å². The summed E-state index contributed by atoms with van der Waals surface area (Å²) in [6.07, 6.45) is 0.644. The highest BCUT2D eigenvalue weighted by Crippen LogP contribution is 2.38. The van der Waals surface area contributed by atoms with E-state index in [1.807, 2.05) is 12.1 Å². The van der Waals surface area contributed by atoms with Crippen LogP contribution in [0.2, 0.25) is 0 Å². The minimum Gasteiger partial charge on any atom is -0.489 e. The van der Waals surface area contributed by atoms with E-state index in [2.05, 4.69) is 5.32 Å². The Morgan fingerprint density at radius 1 is 1.09 bits per heavy atom. The van der Waals surface area contributed by atoms with Crippen molar-refractivity contribution < 1.29 is 32.1 Å². The molecule has 0 radical (unpaired) electrons. The van der Waals surface area contributed by atoms with Gasteiger partial charge >= 0.3 is 0 Å². The van der Waals surface area contributed by atoms with E-state index in [1.165, 1.54) is 4.90 Å². The van der Waals surface area contributed by atoms with Crippen LogP contribution in [-0.2, 0) is 39.3 Å². The second-order valence-corrected chi connectivity index (χ2v) is 10.0. The van der Waals surface area contributed by atoms with Crippen molar-refractivity contribution in [3.8, 4) is 5.75 Å². The van der Waals surface area contributed by atoms with Crippen LogP contribution in [0, 0.1) is 0 Å². The zero-order valence-electron chi connectivity index (χ0n) is 18.0. The molecule has 0 spiro atoms. The number of nitrogens with one attached hydrogen (secondary N) is 1. The molecule has 4 rings (SSSR count). The van der Waals surface area contributed by atoms with E-state index in [4.69, 9.17) is 9.29 Å². The predicted octanol–water partition coefficient (Wildman–Crippen LogP) is 1.85. The number of fused-ring (bicyclic) bond motifs is 1. The molecule has 2 N–H and O–H groups in total. The lowest BCUT2D eigenvalue weighted by atomic mass is 9.89. The Kier molecular flexibility index (Phi) is 5.98. The predicted molar refractivity (Wildman–Crippen MR) is 118 cm³/mol. The fourth-order valence-corrected chi connectivity index (χ4v) is 4.59. The lowest BCUT2D eigenvalue weighted by molar-refractivity contribution is -0.142. The zero-order valence-corrected chi connectivity index (χ0v) is 18.9. The highest BCUT2D eigenvalue weighted by molar-refractivity contribution is 7.85. The lowest BCUT2D eigenvalue weighted by Crippen LogP contribution is -2.61. The Bertz CT molecular complexity index is 1220. The molecule has 0 saturated carbocycles. The van der Waals surface area contributed by atoms with Gasteiger partial charge in [0.15, 0.2) is 0 Å². The smallest absolute Gasteiger partial charge is 0.265 e. The molecule has 2 aromatic rings. The third kappa shape index (κ3) is 4.76. The summed E-state index contributed by atoms with van der Waals surface area (Å²) in [5, 5.41) is 2.33. The van der Waals surface area contributed by atoms with E-state index in [0.29, 0.717) is 16.9 Å². The summed E-state index contributed by atoms with van der Waals surface area (Å²) in [5.74, 6) is -0.888. The first-order valence-corrected chi connectivity index (χ1v) is 12.1. The molecular weight excluding hydrogens is 448 g/mol. The molecule has 174 valence electrons. The molecule has 9 nitrogen and oxygen atoms in total. The molecule has 0 unspecified atom stereocenters. The van der Waals surface area contributed by atoms with Crippen molar-refractivity contribution in [3.05, 3.63) is 64.7 Å². The molecule has 2 aromatic carbocycles.